The van der Waals surface area contributed by atoms with Crippen molar-refractivity contribution < 1.29 is 41.5 Å². The molecule has 0 bridgehead atoms. The third-order valence-corrected chi connectivity index (χ3v) is 7.74. The van der Waals surface area contributed by atoms with Crippen molar-refractivity contribution in [3.05, 3.63) is 83.4 Å². The van der Waals surface area contributed by atoms with Gasteiger partial charge in [-0.05, 0) is 61.8 Å². The number of aromatic nitrogens is 5. The lowest BCUT2D eigenvalue weighted by atomic mass is 9.88. The number of benzene rings is 2. The quantitative estimate of drug-likeness (QED) is 0.140. The van der Waals surface area contributed by atoms with Crippen LogP contribution in [0.4, 0.5) is 22.0 Å². The van der Waals surface area contributed by atoms with Gasteiger partial charge in [0.15, 0.2) is 23.2 Å². The lowest BCUT2D eigenvalue weighted by Gasteiger charge is -2.28. The predicted octanol–water partition coefficient (Wildman–Crippen LogP) is 6.27. The van der Waals surface area contributed by atoms with E-state index in [1.165, 1.54) is 30.6 Å². The molecule has 0 amide bonds. The summed E-state index contributed by atoms with van der Waals surface area (Å²) in [6.07, 6.45) is -0.525. The molecular formula is C30H24F5N5O4. The Morgan fingerprint density at radius 1 is 1.00 bits per heavy atom. The van der Waals surface area contributed by atoms with Crippen LogP contribution in [0.5, 0.6) is 0 Å². The van der Waals surface area contributed by atoms with Crippen molar-refractivity contribution in [2.24, 2.45) is 0 Å². The summed E-state index contributed by atoms with van der Waals surface area (Å²) in [7, 11) is 0. The molecule has 1 unspecified atom stereocenters. The summed E-state index contributed by atoms with van der Waals surface area (Å²) in [6.45, 7) is -0.242. The van der Waals surface area contributed by atoms with E-state index in [4.69, 9.17) is 4.52 Å². The van der Waals surface area contributed by atoms with Gasteiger partial charge in [-0.3, -0.25) is 0 Å². The van der Waals surface area contributed by atoms with Crippen LogP contribution in [0.15, 0.2) is 59.4 Å². The number of imidazole rings is 1. The number of aliphatic hydroxyl groups is 1. The smallest absolute Gasteiger partial charge is 0.417 e. The summed E-state index contributed by atoms with van der Waals surface area (Å²) >= 11 is 0. The Morgan fingerprint density at radius 3 is 2.48 bits per heavy atom. The molecule has 2 aliphatic heterocycles. The van der Waals surface area contributed by atoms with Gasteiger partial charge in [-0.2, -0.15) is 18.3 Å². The molecule has 228 valence electrons. The van der Waals surface area contributed by atoms with Gasteiger partial charge in [-0.1, -0.05) is 23.4 Å². The summed E-state index contributed by atoms with van der Waals surface area (Å²) in [5, 5.41) is 28.0. The van der Waals surface area contributed by atoms with Crippen molar-refractivity contribution in [2.75, 3.05) is 6.61 Å². The topological polar surface area (TPSA) is 127 Å². The number of nitrogens with zero attached hydrogens (tertiary/aromatic N) is 5. The number of alkyl halides is 3. The van der Waals surface area contributed by atoms with E-state index >= 15 is 0 Å². The third-order valence-electron chi connectivity index (χ3n) is 7.74. The van der Waals surface area contributed by atoms with E-state index in [0.29, 0.717) is 5.56 Å². The summed E-state index contributed by atoms with van der Waals surface area (Å²) in [4.78, 5) is 21.5. The molecule has 0 saturated heterocycles. The second-order valence-electron chi connectivity index (χ2n) is 10.6. The van der Waals surface area contributed by atoms with Crippen LogP contribution in [-0.2, 0) is 16.5 Å². The van der Waals surface area contributed by atoms with E-state index in [2.05, 4.69) is 20.2 Å². The van der Waals surface area contributed by atoms with Crippen molar-refractivity contribution in [1.29, 1.82) is 0 Å². The number of carbonyl (C=O) groups is 1. The number of halogens is 5. The fourth-order valence-electron chi connectivity index (χ4n) is 5.27. The zero-order valence-electron chi connectivity index (χ0n) is 22.9. The zero-order chi connectivity index (χ0) is 31.2. The van der Waals surface area contributed by atoms with Gasteiger partial charge in [0.2, 0.25) is 5.54 Å². The van der Waals surface area contributed by atoms with Gasteiger partial charge >= 0.3 is 12.1 Å². The summed E-state index contributed by atoms with van der Waals surface area (Å²) in [5.74, 6) is -4.13. The van der Waals surface area contributed by atoms with Gasteiger partial charge in [-0.15, -0.1) is 0 Å². The molecule has 1 atom stereocenters. The molecule has 1 saturated carbocycles. The van der Waals surface area contributed by atoms with Crippen LogP contribution < -0.4 is 0 Å². The first-order valence-corrected chi connectivity index (χ1v) is 13.7. The highest BCUT2D eigenvalue weighted by molar-refractivity contribution is 5.81. The van der Waals surface area contributed by atoms with E-state index < -0.39 is 34.9 Å². The van der Waals surface area contributed by atoms with Gasteiger partial charge in [0, 0.05) is 18.2 Å². The average Bonchev–Trinajstić information content (AvgIpc) is 3.57. The van der Waals surface area contributed by atoms with Crippen molar-refractivity contribution in [3.8, 4) is 34.0 Å². The first-order chi connectivity index (χ1) is 21.0. The number of unbranched alkanes of at least 4 members (excludes halogenated alkanes) is 1. The summed E-state index contributed by atoms with van der Waals surface area (Å²) < 4.78 is 77.1. The van der Waals surface area contributed by atoms with Gasteiger partial charge in [0.05, 0.1) is 23.5 Å². The van der Waals surface area contributed by atoms with Crippen LogP contribution in [-0.4, -0.2) is 47.7 Å². The predicted molar refractivity (Wildman–Crippen MR) is 144 cm³/mol. The number of fused-ring (bicyclic) bond motifs is 1. The number of aliphatic carboxylic acids is 1. The molecule has 1 aromatic heterocycles. The normalized spacial score (nSPS) is 15.0. The molecule has 6 rings (SSSR count). The van der Waals surface area contributed by atoms with E-state index in [9.17, 15) is 37.0 Å². The molecule has 3 aliphatic rings. The highest BCUT2D eigenvalue weighted by Crippen LogP contribution is 2.45. The minimum atomic E-state index is -4.71. The minimum Gasteiger partial charge on any atom is -0.479 e. The van der Waals surface area contributed by atoms with Crippen LogP contribution in [0.3, 0.4) is 0 Å². The van der Waals surface area contributed by atoms with Crippen molar-refractivity contribution in [1.82, 2.24) is 24.9 Å². The fraction of sp³-hybridized carbons (Fsp3) is 0.300. The standard InChI is InChI=1S/C30H24F5N5O4/c31-21-5-3-4-19(26(21)32)27-37-23-14-36-40(15-24(23)38-27)29(28(42)43,10-1-2-11-41)25-13-22(39-44-25)18-9-8-17(16-6-7-16)12-20(18)30(33,34)35/h3-5,8-9,12-16,41H,1-2,6-7,10-11H2,(H,42,43). The van der Waals surface area contributed by atoms with Crippen LogP contribution in [0.25, 0.3) is 34.0 Å². The average molecular weight is 614 g/mol. The molecule has 9 nitrogen and oxygen atoms in total. The first kappa shape index (κ1) is 29.4. The lowest BCUT2D eigenvalue weighted by molar-refractivity contribution is -0.147. The largest absolute Gasteiger partial charge is 0.479 e. The van der Waals surface area contributed by atoms with Crippen molar-refractivity contribution in [3.63, 3.8) is 0 Å². The molecule has 3 aromatic rings. The maximum Gasteiger partial charge on any atom is 0.417 e. The van der Waals surface area contributed by atoms with E-state index in [-0.39, 0.29) is 71.6 Å². The van der Waals surface area contributed by atoms with Gasteiger partial charge in [-0.25, -0.2) is 28.2 Å². The SMILES string of the molecule is O=C(O)C(CCCCO)(c1cc(-c2ccc(C3CC3)cc2C(F)(F)F)no1)n1cc2nc(-c3cccc(F)c3F)nc-2cn1. The number of carboxylic acid groups (broad SMARTS) is 1. The monoisotopic (exact) mass is 613 g/mol. The molecule has 0 spiro atoms. The summed E-state index contributed by atoms with van der Waals surface area (Å²) in [5.41, 5.74) is -2.96. The Morgan fingerprint density at radius 2 is 1.77 bits per heavy atom. The Labute approximate surface area is 246 Å². The van der Waals surface area contributed by atoms with Crippen LogP contribution >= 0.6 is 0 Å². The maximum atomic E-state index is 14.4. The molecule has 14 heteroatoms. The Kier molecular flexibility index (Phi) is 7.40. The first-order valence-electron chi connectivity index (χ1n) is 13.7. The number of carboxylic acids is 1. The van der Waals surface area contributed by atoms with Crippen molar-refractivity contribution >= 4 is 5.97 Å². The van der Waals surface area contributed by atoms with E-state index in [0.717, 1.165) is 35.7 Å². The molecule has 0 radical (unpaired) electrons. The molecule has 2 aromatic carbocycles. The molecule has 3 heterocycles. The van der Waals surface area contributed by atoms with Gasteiger partial charge < -0.3 is 14.7 Å². The minimum absolute atomic E-state index is 0.0683. The van der Waals surface area contributed by atoms with Crippen LogP contribution in [0, 0.1) is 11.6 Å². The van der Waals surface area contributed by atoms with E-state index in [1.54, 1.807) is 6.07 Å². The zero-order valence-corrected chi connectivity index (χ0v) is 22.9. The van der Waals surface area contributed by atoms with Crippen LogP contribution in [0.1, 0.15) is 54.9 Å². The number of rotatable bonds is 10. The highest BCUT2D eigenvalue weighted by atomic mass is 19.4. The molecule has 1 aliphatic carbocycles. The van der Waals surface area contributed by atoms with Gasteiger partial charge in [0.25, 0.3) is 0 Å². The number of hydrogen-bond donors (Lipinski definition) is 2. The Hall–Kier alpha value is -4.72. The second kappa shape index (κ2) is 11.1. The van der Waals surface area contributed by atoms with E-state index in [1.807, 2.05) is 0 Å². The van der Waals surface area contributed by atoms with Crippen LogP contribution in [0.2, 0.25) is 0 Å². The van der Waals surface area contributed by atoms with Crippen molar-refractivity contribution in [2.45, 2.75) is 49.7 Å². The Balaban J connectivity index is 1.46. The second-order valence-corrected chi connectivity index (χ2v) is 10.6. The number of hydrogen-bond acceptors (Lipinski definition) is 7. The number of aliphatic hydroxyl groups excluding tert-OH is 1. The molecular weight excluding hydrogens is 589 g/mol. The highest BCUT2D eigenvalue weighted by Gasteiger charge is 2.47. The summed E-state index contributed by atoms with van der Waals surface area (Å²) in [6, 6.07) is 8.63. The molecule has 2 N–H and O–H groups in total. The Bertz CT molecular complexity index is 1820. The molecule has 44 heavy (non-hydrogen) atoms. The lowest BCUT2D eigenvalue weighted by Crippen LogP contribution is -2.44. The maximum absolute atomic E-state index is 14.4. The third kappa shape index (κ3) is 5.19. The molecule has 1 fully saturated rings. The fourth-order valence-corrected chi connectivity index (χ4v) is 5.27. The van der Waals surface area contributed by atoms with Gasteiger partial charge in [0.1, 0.15) is 17.1 Å².